The van der Waals surface area contributed by atoms with Gasteiger partial charge in [0, 0.05) is 24.6 Å². The van der Waals surface area contributed by atoms with Crippen molar-refractivity contribution in [1.29, 1.82) is 0 Å². The summed E-state index contributed by atoms with van der Waals surface area (Å²) in [5, 5.41) is 11.2. The van der Waals surface area contributed by atoms with Gasteiger partial charge in [-0.2, -0.15) is 4.80 Å². The smallest absolute Gasteiger partial charge is 0.246 e. The second-order valence-electron chi connectivity index (χ2n) is 6.70. The minimum atomic E-state index is -0.203. The van der Waals surface area contributed by atoms with Crippen LogP contribution in [0, 0.1) is 5.92 Å². The minimum Gasteiger partial charge on any atom is -0.491 e. The number of ketones is 1. The van der Waals surface area contributed by atoms with Gasteiger partial charge in [-0.1, -0.05) is 12.1 Å². The highest BCUT2D eigenvalue weighted by molar-refractivity contribution is 5.98. The van der Waals surface area contributed by atoms with E-state index in [0.717, 1.165) is 12.8 Å². The van der Waals surface area contributed by atoms with E-state index in [-0.39, 0.29) is 30.3 Å². The van der Waals surface area contributed by atoms with Gasteiger partial charge in [-0.15, -0.1) is 10.2 Å². The van der Waals surface area contributed by atoms with Crippen LogP contribution in [0.2, 0.25) is 0 Å². The Bertz CT molecular complexity index is 760. The van der Waals surface area contributed by atoms with Gasteiger partial charge in [0.05, 0.1) is 6.10 Å². The Morgan fingerprint density at radius 1 is 1.35 bits per heavy atom. The zero-order valence-corrected chi connectivity index (χ0v) is 15.0. The van der Waals surface area contributed by atoms with Crippen LogP contribution in [-0.4, -0.2) is 56.0 Å². The van der Waals surface area contributed by atoms with Gasteiger partial charge < -0.3 is 9.64 Å². The number of piperidine rings is 1. The third kappa shape index (κ3) is 4.44. The number of Topliss-reactive ketones (excluding diaryl/α,β-unsaturated/α-hetero) is 1. The summed E-state index contributed by atoms with van der Waals surface area (Å²) in [5.74, 6) is 0.436. The fourth-order valence-electron chi connectivity index (χ4n) is 3.13. The number of carbonyl (C=O) groups is 2. The molecule has 1 atom stereocenters. The van der Waals surface area contributed by atoms with E-state index in [2.05, 4.69) is 15.4 Å². The van der Waals surface area contributed by atoms with Crippen LogP contribution in [0.1, 0.15) is 37.0 Å². The highest BCUT2D eigenvalue weighted by Crippen LogP contribution is 2.23. The maximum atomic E-state index is 12.9. The first kappa shape index (κ1) is 18.0. The summed E-state index contributed by atoms with van der Waals surface area (Å²) < 4.78 is 5.67. The zero-order chi connectivity index (χ0) is 18.5. The van der Waals surface area contributed by atoms with Crippen molar-refractivity contribution in [2.45, 2.75) is 39.3 Å². The predicted octanol–water partition coefficient (Wildman–Crippen LogP) is 1.58. The van der Waals surface area contributed by atoms with Gasteiger partial charge in [-0.3, -0.25) is 9.59 Å². The fraction of sp³-hybridized carbons (Fsp3) is 0.500. The summed E-state index contributed by atoms with van der Waals surface area (Å²) in [6.45, 7) is 5.00. The van der Waals surface area contributed by atoms with E-state index in [9.17, 15) is 9.59 Å². The molecule has 8 heteroatoms. The lowest BCUT2D eigenvalue weighted by molar-refractivity contribution is -0.133. The number of nitrogens with zero attached hydrogens (tertiary/aromatic N) is 5. The Hall–Kier alpha value is -2.77. The van der Waals surface area contributed by atoms with Gasteiger partial charge in [0.2, 0.25) is 5.91 Å². The average molecular weight is 357 g/mol. The Balaban J connectivity index is 1.65. The van der Waals surface area contributed by atoms with Crippen LogP contribution in [0.15, 0.2) is 30.6 Å². The van der Waals surface area contributed by atoms with E-state index in [1.807, 2.05) is 26.0 Å². The van der Waals surface area contributed by atoms with Gasteiger partial charge in [-0.25, -0.2) is 0 Å². The molecule has 26 heavy (non-hydrogen) atoms. The van der Waals surface area contributed by atoms with E-state index < -0.39 is 0 Å². The first-order valence-electron chi connectivity index (χ1n) is 8.82. The van der Waals surface area contributed by atoms with E-state index in [1.54, 1.807) is 17.0 Å². The maximum absolute atomic E-state index is 12.9. The van der Waals surface area contributed by atoms with Crippen molar-refractivity contribution in [3.05, 3.63) is 36.2 Å². The molecule has 8 nitrogen and oxygen atoms in total. The van der Waals surface area contributed by atoms with Crippen molar-refractivity contribution >= 4 is 11.7 Å². The molecule has 2 aromatic rings. The first-order valence-corrected chi connectivity index (χ1v) is 8.82. The number of likely N-dealkylation sites (tertiary alicyclic amines) is 1. The molecule has 1 aliphatic heterocycles. The molecular formula is C18H23N5O3. The van der Waals surface area contributed by atoms with Crippen LogP contribution in [0.3, 0.4) is 0 Å². The number of amides is 1. The quantitative estimate of drug-likeness (QED) is 0.729. The fourth-order valence-corrected chi connectivity index (χ4v) is 3.13. The van der Waals surface area contributed by atoms with E-state index in [1.165, 1.54) is 11.1 Å². The highest BCUT2D eigenvalue weighted by Gasteiger charge is 2.29. The third-order valence-electron chi connectivity index (χ3n) is 4.30. The maximum Gasteiger partial charge on any atom is 0.246 e. The lowest BCUT2D eigenvalue weighted by Crippen LogP contribution is -2.43. The second-order valence-corrected chi connectivity index (χ2v) is 6.70. The van der Waals surface area contributed by atoms with Crippen LogP contribution >= 0.6 is 0 Å². The van der Waals surface area contributed by atoms with Crippen LogP contribution < -0.4 is 4.74 Å². The molecule has 0 saturated carbocycles. The minimum absolute atomic E-state index is 0.0403. The average Bonchev–Trinajstić information content (AvgIpc) is 3.14. The zero-order valence-electron chi connectivity index (χ0n) is 15.0. The molecule has 1 aromatic carbocycles. The standard InChI is InChI=1S/C18H23N5O3/c1-13(2)26-16-7-3-5-14(9-16)18(25)15-6-4-8-22(10-15)17(24)11-23-20-12-19-21-23/h3,5,7,9,12-13,15H,4,6,8,10-11H2,1-2H3. The molecule has 1 unspecified atom stereocenters. The summed E-state index contributed by atoms with van der Waals surface area (Å²) in [7, 11) is 0. The molecule has 0 aliphatic carbocycles. The summed E-state index contributed by atoms with van der Waals surface area (Å²) in [4.78, 5) is 28.3. The van der Waals surface area contributed by atoms with Gasteiger partial charge in [-0.05, 0) is 44.0 Å². The van der Waals surface area contributed by atoms with Crippen molar-refractivity contribution in [3.63, 3.8) is 0 Å². The van der Waals surface area contributed by atoms with Gasteiger partial charge in [0.25, 0.3) is 0 Å². The summed E-state index contributed by atoms with van der Waals surface area (Å²) in [6.07, 6.45) is 2.92. The molecule has 1 aromatic heterocycles. The molecule has 2 heterocycles. The Labute approximate surface area is 152 Å². The number of ether oxygens (including phenoxy) is 1. The number of tetrazole rings is 1. The summed E-state index contributed by atoms with van der Waals surface area (Å²) in [5.41, 5.74) is 0.625. The number of rotatable bonds is 6. The summed E-state index contributed by atoms with van der Waals surface area (Å²) >= 11 is 0. The molecule has 3 rings (SSSR count). The molecule has 138 valence electrons. The Morgan fingerprint density at radius 3 is 2.92 bits per heavy atom. The summed E-state index contributed by atoms with van der Waals surface area (Å²) in [6, 6.07) is 7.25. The first-order chi connectivity index (χ1) is 12.5. The lowest BCUT2D eigenvalue weighted by Gasteiger charge is -2.32. The van der Waals surface area contributed by atoms with Crippen molar-refractivity contribution in [3.8, 4) is 5.75 Å². The molecular weight excluding hydrogens is 334 g/mol. The third-order valence-corrected chi connectivity index (χ3v) is 4.30. The number of hydrogen-bond donors (Lipinski definition) is 0. The largest absolute Gasteiger partial charge is 0.491 e. The van der Waals surface area contributed by atoms with E-state index in [0.29, 0.717) is 24.4 Å². The molecule has 0 spiro atoms. The van der Waals surface area contributed by atoms with Crippen LogP contribution in [-0.2, 0) is 11.3 Å². The van der Waals surface area contributed by atoms with E-state index >= 15 is 0 Å². The normalized spacial score (nSPS) is 17.3. The van der Waals surface area contributed by atoms with Gasteiger partial charge in [0.15, 0.2) is 12.1 Å². The molecule has 1 aliphatic rings. The second kappa shape index (κ2) is 8.07. The van der Waals surface area contributed by atoms with Crippen molar-refractivity contribution in [1.82, 2.24) is 25.1 Å². The number of hydrogen-bond acceptors (Lipinski definition) is 6. The van der Waals surface area contributed by atoms with Crippen LogP contribution in [0.25, 0.3) is 0 Å². The topological polar surface area (TPSA) is 90.2 Å². The molecule has 0 N–H and O–H groups in total. The Morgan fingerprint density at radius 2 is 2.19 bits per heavy atom. The van der Waals surface area contributed by atoms with Crippen LogP contribution in [0.5, 0.6) is 5.75 Å². The lowest BCUT2D eigenvalue weighted by atomic mass is 9.90. The molecule has 1 fully saturated rings. The van der Waals surface area contributed by atoms with Crippen molar-refractivity contribution in [2.24, 2.45) is 5.92 Å². The number of carbonyl (C=O) groups excluding carboxylic acids is 2. The molecule has 0 radical (unpaired) electrons. The number of benzene rings is 1. The monoisotopic (exact) mass is 357 g/mol. The van der Waals surface area contributed by atoms with Gasteiger partial charge in [0.1, 0.15) is 12.3 Å². The molecule has 1 saturated heterocycles. The van der Waals surface area contributed by atoms with Crippen molar-refractivity contribution < 1.29 is 14.3 Å². The SMILES string of the molecule is CC(C)Oc1cccc(C(=O)C2CCCN(C(=O)Cn3ncnn3)C2)c1. The Kier molecular flexibility index (Phi) is 5.60. The molecule has 1 amide bonds. The highest BCUT2D eigenvalue weighted by atomic mass is 16.5. The van der Waals surface area contributed by atoms with E-state index in [4.69, 9.17) is 4.74 Å². The van der Waals surface area contributed by atoms with Crippen LogP contribution in [0.4, 0.5) is 0 Å². The van der Waals surface area contributed by atoms with Crippen molar-refractivity contribution in [2.75, 3.05) is 13.1 Å². The molecule has 0 bridgehead atoms. The predicted molar refractivity (Wildman–Crippen MR) is 93.7 cm³/mol. The number of aromatic nitrogens is 4. The van der Waals surface area contributed by atoms with Gasteiger partial charge >= 0.3 is 0 Å².